The molecule has 2 amide bonds. The molecule has 0 saturated heterocycles. The van der Waals surface area contributed by atoms with Crippen molar-refractivity contribution in [2.24, 2.45) is 5.92 Å². The molecule has 2 aromatic rings. The van der Waals surface area contributed by atoms with E-state index in [1.54, 1.807) is 36.4 Å². The molecule has 126 valence electrons. The van der Waals surface area contributed by atoms with Gasteiger partial charge in [0.05, 0.1) is 5.92 Å². The molecule has 0 aliphatic heterocycles. The largest absolute Gasteiger partial charge is 0.326 e. The van der Waals surface area contributed by atoms with Gasteiger partial charge >= 0.3 is 0 Å². The molecule has 1 atom stereocenters. The summed E-state index contributed by atoms with van der Waals surface area (Å²) in [6.45, 7) is 5.32. The quantitative estimate of drug-likeness (QED) is 0.866. The Kier molecular flexibility index (Phi) is 5.68. The van der Waals surface area contributed by atoms with Gasteiger partial charge in [-0.05, 0) is 41.8 Å². The van der Waals surface area contributed by atoms with E-state index < -0.39 is 5.92 Å². The van der Waals surface area contributed by atoms with Crippen molar-refractivity contribution in [1.29, 1.82) is 0 Å². The number of halogens is 1. The first kappa shape index (κ1) is 17.7. The van der Waals surface area contributed by atoms with Crippen LogP contribution in [0.1, 0.15) is 32.3 Å². The average Bonchev–Trinajstić information content (AvgIpc) is 2.48. The number of benzene rings is 2. The van der Waals surface area contributed by atoms with E-state index in [-0.39, 0.29) is 23.5 Å². The van der Waals surface area contributed by atoms with Gasteiger partial charge in [-0.25, -0.2) is 4.39 Å². The van der Waals surface area contributed by atoms with Crippen LogP contribution in [0, 0.1) is 11.7 Å². The minimum absolute atomic E-state index is 0.0500. The van der Waals surface area contributed by atoms with Crippen LogP contribution in [0.25, 0.3) is 0 Å². The molecule has 4 nitrogen and oxygen atoms in total. The standard InChI is InChI=1S/C19H21FN2O2/c1-12(2)18(14-7-9-15(20)10-8-14)19(24)22-17-6-4-5-16(11-17)21-13(3)23/h4-12,18H,1-3H3,(H,21,23)(H,22,24). The summed E-state index contributed by atoms with van der Waals surface area (Å²) in [7, 11) is 0. The highest BCUT2D eigenvalue weighted by atomic mass is 19.1. The number of carbonyl (C=O) groups is 2. The first-order valence-corrected chi connectivity index (χ1v) is 7.81. The van der Waals surface area contributed by atoms with E-state index in [1.807, 2.05) is 13.8 Å². The predicted octanol–water partition coefficient (Wildman–Crippen LogP) is 4.16. The zero-order chi connectivity index (χ0) is 17.7. The summed E-state index contributed by atoms with van der Waals surface area (Å²) in [5.74, 6) is -1.02. The summed E-state index contributed by atoms with van der Waals surface area (Å²) in [5.41, 5.74) is 1.98. The number of carbonyl (C=O) groups excluding carboxylic acids is 2. The number of nitrogens with one attached hydrogen (secondary N) is 2. The van der Waals surface area contributed by atoms with Crippen molar-refractivity contribution in [3.05, 3.63) is 59.9 Å². The van der Waals surface area contributed by atoms with Gasteiger partial charge in [-0.3, -0.25) is 9.59 Å². The number of hydrogen-bond acceptors (Lipinski definition) is 2. The van der Waals surface area contributed by atoms with Crippen LogP contribution in [0.15, 0.2) is 48.5 Å². The fourth-order valence-corrected chi connectivity index (χ4v) is 2.61. The van der Waals surface area contributed by atoms with E-state index >= 15 is 0 Å². The Balaban J connectivity index is 2.19. The van der Waals surface area contributed by atoms with Gasteiger partial charge in [-0.1, -0.05) is 32.0 Å². The Bertz CT molecular complexity index is 726. The molecule has 24 heavy (non-hydrogen) atoms. The molecule has 0 aliphatic carbocycles. The van der Waals surface area contributed by atoms with Crippen LogP contribution in [-0.2, 0) is 9.59 Å². The van der Waals surface area contributed by atoms with Crippen LogP contribution < -0.4 is 10.6 Å². The lowest BCUT2D eigenvalue weighted by molar-refractivity contribution is -0.118. The van der Waals surface area contributed by atoms with Crippen LogP contribution in [0.2, 0.25) is 0 Å². The van der Waals surface area contributed by atoms with Gasteiger partial charge in [-0.15, -0.1) is 0 Å². The third-order valence-corrected chi connectivity index (χ3v) is 3.63. The van der Waals surface area contributed by atoms with Gasteiger partial charge in [0.2, 0.25) is 11.8 Å². The van der Waals surface area contributed by atoms with E-state index in [0.29, 0.717) is 11.4 Å². The lowest BCUT2D eigenvalue weighted by Crippen LogP contribution is -2.25. The number of rotatable bonds is 5. The maximum Gasteiger partial charge on any atom is 0.232 e. The van der Waals surface area contributed by atoms with Crippen LogP contribution in [0.4, 0.5) is 15.8 Å². The van der Waals surface area contributed by atoms with Crippen molar-refractivity contribution in [1.82, 2.24) is 0 Å². The Morgan fingerprint density at radius 2 is 1.54 bits per heavy atom. The molecule has 0 aliphatic rings. The average molecular weight is 328 g/mol. The highest BCUT2D eigenvalue weighted by Gasteiger charge is 2.24. The van der Waals surface area contributed by atoms with E-state index in [0.717, 1.165) is 5.56 Å². The van der Waals surface area contributed by atoms with Crippen LogP contribution in [-0.4, -0.2) is 11.8 Å². The minimum Gasteiger partial charge on any atom is -0.326 e. The number of amides is 2. The third-order valence-electron chi connectivity index (χ3n) is 3.63. The third kappa shape index (κ3) is 4.65. The summed E-state index contributed by atoms with van der Waals surface area (Å²) >= 11 is 0. The van der Waals surface area contributed by atoms with Crippen molar-refractivity contribution in [3.63, 3.8) is 0 Å². The van der Waals surface area contributed by atoms with Gasteiger partial charge in [0.1, 0.15) is 5.82 Å². The van der Waals surface area contributed by atoms with Crippen LogP contribution in [0.5, 0.6) is 0 Å². The summed E-state index contributed by atoms with van der Waals surface area (Å²) in [6, 6.07) is 12.9. The summed E-state index contributed by atoms with van der Waals surface area (Å²) in [5, 5.41) is 5.54. The molecule has 2 N–H and O–H groups in total. The molecule has 0 fully saturated rings. The summed E-state index contributed by atoms with van der Waals surface area (Å²) < 4.78 is 13.1. The summed E-state index contributed by atoms with van der Waals surface area (Å²) in [4.78, 5) is 23.8. The van der Waals surface area contributed by atoms with Gasteiger partial charge in [0, 0.05) is 18.3 Å². The lowest BCUT2D eigenvalue weighted by Gasteiger charge is -2.21. The summed E-state index contributed by atoms with van der Waals surface area (Å²) in [6.07, 6.45) is 0. The molecule has 0 saturated carbocycles. The van der Waals surface area contributed by atoms with Crippen LogP contribution in [0.3, 0.4) is 0 Å². The normalized spacial score (nSPS) is 11.9. The number of hydrogen-bond donors (Lipinski definition) is 2. The van der Waals surface area contributed by atoms with Crippen molar-refractivity contribution in [3.8, 4) is 0 Å². The Morgan fingerprint density at radius 3 is 2.08 bits per heavy atom. The monoisotopic (exact) mass is 328 g/mol. The van der Waals surface area contributed by atoms with Crippen molar-refractivity contribution in [2.45, 2.75) is 26.7 Å². The fraction of sp³-hybridized carbons (Fsp3) is 0.263. The molecular formula is C19H21FN2O2. The smallest absolute Gasteiger partial charge is 0.232 e. The zero-order valence-corrected chi connectivity index (χ0v) is 14.0. The molecule has 0 radical (unpaired) electrons. The number of anilines is 2. The Morgan fingerprint density at radius 1 is 0.958 bits per heavy atom. The van der Waals surface area contributed by atoms with E-state index in [9.17, 15) is 14.0 Å². The molecule has 0 heterocycles. The maximum absolute atomic E-state index is 13.1. The minimum atomic E-state index is -0.393. The van der Waals surface area contributed by atoms with Gasteiger partial charge in [0.15, 0.2) is 0 Å². The SMILES string of the molecule is CC(=O)Nc1cccc(NC(=O)C(c2ccc(F)cc2)C(C)C)c1. The Hall–Kier alpha value is -2.69. The van der Waals surface area contributed by atoms with Crippen molar-refractivity contribution < 1.29 is 14.0 Å². The second-order valence-corrected chi connectivity index (χ2v) is 6.02. The lowest BCUT2D eigenvalue weighted by atomic mass is 9.87. The molecular weight excluding hydrogens is 307 g/mol. The molecule has 1 unspecified atom stereocenters. The van der Waals surface area contributed by atoms with E-state index in [4.69, 9.17) is 0 Å². The van der Waals surface area contributed by atoms with Gasteiger partial charge in [0.25, 0.3) is 0 Å². The molecule has 0 aromatic heterocycles. The molecule has 0 bridgehead atoms. The Labute approximate surface area is 141 Å². The second kappa shape index (κ2) is 7.73. The highest BCUT2D eigenvalue weighted by Crippen LogP contribution is 2.27. The van der Waals surface area contributed by atoms with E-state index in [1.165, 1.54) is 19.1 Å². The first-order valence-electron chi connectivity index (χ1n) is 7.81. The topological polar surface area (TPSA) is 58.2 Å². The van der Waals surface area contributed by atoms with Crippen molar-refractivity contribution in [2.75, 3.05) is 10.6 Å². The maximum atomic E-state index is 13.1. The molecule has 0 spiro atoms. The zero-order valence-electron chi connectivity index (χ0n) is 14.0. The molecule has 2 aromatic carbocycles. The second-order valence-electron chi connectivity index (χ2n) is 6.02. The van der Waals surface area contributed by atoms with Crippen LogP contribution >= 0.6 is 0 Å². The fourth-order valence-electron chi connectivity index (χ4n) is 2.61. The van der Waals surface area contributed by atoms with E-state index in [2.05, 4.69) is 10.6 Å². The predicted molar refractivity (Wildman–Crippen MR) is 93.4 cm³/mol. The van der Waals surface area contributed by atoms with Gasteiger partial charge < -0.3 is 10.6 Å². The van der Waals surface area contributed by atoms with Gasteiger partial charge in [-0.2, -0.15) is 0 Å². The first-order chi connectivity index (χ1) is 11.4. The van der Waals surface area contributed by atoms with Crippen molar-refractivity contribution >= 4 is 23.2 Å². The molecule has 2 rings (SSSR count). The molecule has 5 heteroatoms. The highest BCUT2D eigenvalue weighted by molar-refractivity contribution is 5.97.